The molecule has 0 radical (unpaired) electrons. The van der Waals surface area contributed by atoms with E-state index in [-0.39, 0.29) is 12.0 Å². The minimum atomic E-state index is -0.191. The summed E-state index contributed by atoms with van der Waals surface area (Å²) < 4.78 is 4.79. The quantitative estimate of drug-likeness (QED) is 0.746. The number of carbonyl (C=O) groups is 1. The topological polar surface area (TPSA) is 50.4 Å². The fourth-order valence-corrected chi connectivity index (χ4v) is 3.49. The van der Waals surface area contributed by atoms with E-state index >= 15 is 0 Å². The molecule has 4 nitrogen and oxygen atoms in total. The molecule has 1 saturated carbocycles. The van der Waals surface area contributed by atoms with Crippen LogP contribution in [-0.2, 0) is 9.53 Å². The summed E-state index contributed by atoms with van der Waals surface area (Å²) in [5, 5.41) is 7.11. The number of methoxy groups -OCH3 is 1. The lowest BCUT2D eigenvalue weighted by atomic mass is 9.88. The molecular weight excluding hydrogens is 228 g/mol. The van der Waals surface area contributed by atoms with Gasteiger partial charge >= 0.3 is 5.97 Å². The third-order valence-corrected chi connectivity index (χ3v) is 4.45. The second kappa shape index (κ2) is 6.53. The lowest BCUT2D eigenvalue weighted by molar-refractivity contribution is -0.142. The summed E-state index contributed by atoms with van der Waals surface area (Å²) >= 11 is 0. The molecule has 2 fully saturated rings. The highest BCUT2D eigenvalue weighted by atomic mass is 16.5. The van der Waals surface area contributed by atoms with E-state index in [0.29, 0.717) is 18.0 Å². The lowest BCUT2D eigenvalue weighted by Crippen LogP contribution is -2.50. The molecule has 0 aromatic heterocycles. The molecule has 2 aliphatic rings. The Morgan fingerprint density at radius 2 is 2.11 bits per heavy atom. The predicted octanol–water partition coefficient (Wildman–Crippen LogP) is 1.45. The van der Waals surface area contributed by atoms with E-state index in [1.54, 1.807) is 0 Å². The second-order valence-electron chi connectivity index (χ2n) is 5.67. The van der Waals surface area contributed by atoms with Crippen LogP contribution in [0.3, 0.4) is 0 Å². The van der Waals surface area contributed by atoms with Gasteiger partial charge in [-0.05, 0) is 45.1 Å². The van der Waals surface area contributed by atoms with E-state index < -0.39 is 0 Å². The zero-order valence-corrected chi connectivity index (χ0v) is 11.6. The van der Waals surface area contributed by atoms with Crippen LogP contribution in [0.5, 0.6) is 0 Å². The van der Waals surface area contributed by atoms with Crippen LogP contribution < -0.4 is 10.6 Å². The minimum Gasteiger partial charge on any atom is -0.468 e. The molecule has 1 aliphatic carbocycles. The Hall–Kier alpha value is -0.610. The average Bonchev–Trinajstić information content (AvgIpc) is 2.86. The van der Waals surface area contributed by atoms with Gasteiger partial charge in [-0.15, -0.1) is 0 Å². The second-order valence-corrected chi connectivity index (χ2v) is 5.67. The number of hydrogen-bond acceptors (Lipinski definition) is 4. The first-order chi connectivity index (χ1) is 8.72. The van der Waals surface area contributed by atoms with Gasteiger partial charge < -0.3 is 15.4 Å². The zero-order valence-electron chi connectivity index (χ0n) is 11.6. The van der Waals surface area contributed by atoms with E-state index in [0.717, 1.165) is 6.54 Å². The first kappa shape index (κ1) is 13.8. The van der Waals surface area contributed by atoms with Crippen molar-refractivity contribution >= 4 is 5.97 Å². The number of esters is 1. The first-order valence-electron chi connectivity index (χ1n) is 7.29. The summed E-state index contributed by atoms with van der Waals surface area (Å²) in [4.78, 5) is 11.5. The summed E-state index contributed by atoms with van der Waals surface area (Å²) in [6.45, 7) is 3.05. The molecule has 104 valence electrons. The van der Waals surface area contributed by atoms with Crippen LogP contribution >= 0.6 is 0 Å². The Morgan fingerprint density at radius 3 is 2.78 bits per heavy atom. The fourth-order valence-electron chi connectivity index (χ4n) is 3.49. The molecule has 0 aromatic rings. The van der Waals surface area contributed by atoms with Crippen molar-refractivity contribution in [1.29, 1.82) is 0 Å². The molecule has 0 spiro atoms. The van der Waals surface area contributed by atoms with Crippen LogP contribution in [0.1, 0.15) is 45.4 Å². The molecule has 2 N–H and O–H groups in total. The summed E-state index contributed by atoms with van der Waals surface area (Å²) in [5.41, 5.74) is 0. The molecule has 0 bridgehead atoms. The van der Waals surface area contributed by atoms with Gasteiger partial charge in [0.15, 0.2) is 0 Å². The third kappa shape index (κ3) is 3.23. The standard InChI is InChI=1S/C14H26N2O2/c1-10(14(17)18-2)16-13-8-5-6-11(13)12-7-3-4-9-15-12/h10-13,15-16H,3-9H2,1-2H3/t10-,11?,12?,13?/m0/s1. The van der Waals surface area contributed by atoms with Gasteiger partial charge in [-0.3, -0.25) is 4.79 Å². The molecule has 1 aliphatic heterocycles. The molecule has 18 heavy (non-hydrogen) atoms. The van der Waals surface area contributed by atoms with Gasteiger partial charge in [0.1, 0.15) is 6.04 Å². The van der Waals surface area contributed by atoms with E-state index in [9.17, 15) is 4.79 Å². The van der Waals surface area contributed by atoms with Crippen LogP contribution in [0.2, 0.25) is 0 Å². The van der Waals surface area contributed by atoms with Gasteiger partial charge in [-0.2, -0.15) is 0 Å². The van der Waals surface area contributed by atoms with Crippen LogP contribution in [0, 0.1) is 5.92 Å². The predicted molar refractivity (Wildman–Crippen MR) is 71.4 cm³/mol. The van der Waals surface area contributed by atoms with E-state index in [2.05, 4.69) is 10.6 Å². The monoisotopic (exact) mass is 254 g/mol. The Kier molecular flexibility index (Phi) is 5.01. The molecule has 3 unspecified atom stereocenters. The molecule has 0 amide bonds. The Labute approximate surface area is 110 Å². The van der Waals surface area contributed by atoms with Crippen molar-refractivity contribution in [3.8, 4) is 0 Å². The smallest absolute Gasteiger partial charge is 0.322 e. The molecule has 4 heteroatoms. The van der Waals surface area contributed by atoms with Crippen molar-refractivity contribution < 1.29 is 9.53 Å². The van der Waals surface area contributed by atoms with Crippen molar-refractivity contribution in [1.82, 2.24) is 10.6 Å². The SMILES string of the molecule is COC(=O)[C@H](C)NC1CCCC1C1CCCCN1. The van der Waals surface area contributed by atoms with E-state index in [4.69, 9.17) is 4.74 Å². The van der Waals surface area contributed by atoms with Crippen molar-refractivity contribution in [2.24, 2.45) is 5.92 Å². The normalized spacial score (nSPS) is 34.2. The van der Waals surface area contributed by atoms with Gasteiger partial charge in [-0.25, -0.2) is 0 Å². The molecule has 2 rings (SSSR count). The van der Waals surface area contributed by atoms with Crippen molar-refractivity contribution in [3.63, 3.8) is 0 Å². The molecule has 1 heterocycles. The highest BCUT2D eigenvalue weighted by Crippen LogP contribution is 2.32. The molecule has 1 saturated heterocycles. The maximum atomic E-state index is 11.5. The Balaban J connectivity index is 1.88. The zero-order chi connectivity index (χ0) is 13.0. The average molecular weight is 254 g/mol. The van der Waals surface area contributed by atoms with Gasteiger partial charge in [0.2, 0.25) is 0 Å². The largest absolute Gasteiger partial charge is 0.468 e. The van der Waals surface area contributed by atoms with Crippen LogP contribution in [0.15, 0.2) is 0 Å². The Morgan fingerprint density at radius 1 is 1.28 bits per heavy atom. The summed E-state index contributed by atoms with van der Waals surface area (Å²) in [5.74, 6) is 0.523. The van der Waals surface area contributed by atoms with Crippen molar-refractivity contribution in [2.45, 2.75) is 63.6 Å². The molecule has 4 atom stereocenters. The van der Waals surface area contributed by atoms with Gasteiger partial charge in [-0.1, -0.05) is 12.8 Å². The van der Waals surface area contributed by atoms with Gasteiger partial charge in [0, 0.05) is 12.1 Å². The van der Waals surface area contributed by atoms with Gasteiger partial charge in [0.25, 0.3) is 0 Å². The summed E-state index contributed by atoms with van der Waals surface area (Å²) in [7, 11) is 1.45. The number of hydrogen-bond donors (Lipinski definition) is 2. The number of nitrogens with one attached hydrogen (secondary N) is 2. The van der Waals surface area contributed by atoms with Crippen LogP contribution in [-0.4, -0.2) is 37.7 Å². The maximum Gasteiger partial charge on any atom is 0.322 e. The number of carbonyl (C=O) groups excluding carboxylic acids is 1. The summed E-state index contributed by atoms with van der Waals surface area (Å²) in [6.07, 6.45) is 7.67. The first-order valence-corrected chi connectivity index (χ1v) is 7.29. The maximum absolute atomic E-state index is 11.5. The Bertz CT molecular complexity index is 277. The van der Waals surface area contributed by atoms with Gasteiger partial charge in [0.05, 0.1) is 7.11 Å². The number of rotatable bonds is 4. The van der Waals surface area contributed by atoms with E-state index in [1.165, 1.54) is 45.6 Å². The highest BCUT2D eigenvalue weighted by Gasteiger charge is 2.35. The summed E-state index contributed by atoms with van der Waals surface area (Å²) in [6, 6.07) is 0.919. The van der Waals surface area contributed by atoms with Crippen LogP contribution in [0.4, 0.5) is 0 Å². The molecular formula is C14H26N2O2. The number of ether oxygens (including phenoxy) is 1. The molecule has 0 aromatic carbocycles. The van der Waals surface area contributed by atoms with Crippen molar-refractivity contribution in [3.05, 3.63) is 0 Å². The minimum absolute atomic E-state index is 0.155. The highest BCUT2D eigenvalue weighted by molar-refractivity contribution is 5.75. The van der Waals surface area contributed by atoms with E-state index in [1.807, 2.05) is 6.92 Å². The van der Waals surface area contributed by atoms with Crippen LogP contribution in [0.25, 0.3) is 0 Å². The lowest BCUT2D eigenvalue weighted by Gasteiger charge is -2.34. The number of piperidine rings is 1. The van der Waals surface area contributed by atoms with Crippen molar-refractivity contribution in [2.75, 3.05) is 13.7 Å². The third-order valence-electron chi connectivity index (χ3n) is 4.45. The fraction of sp³-hybridized carbons (Fsp3) is 0.929.